The van der Waals surface area contributed by atoms with Crippen LogP contribution in [0.5, 0.6) is 0 Å². The maximum Gasteiger partial charge on any atom is 0.115 e. The summed E-state index contributed by atoms with van der Waals surface area (Å²) in [5, 5.41) is 0. The lowest BCUT2D eigenvalue weighted by atomic mass is 10.4. The van der Waals surface area contributed by atoms with Gasteiger partial charge in [0.15, 0.2) is 0 Å². The van der Waals surface area contributed by atoms with E-state index in [-0.39, 0.29) is 0 Å². The van der Waals surface area contributed by atoms with E-state index in [1.54, 1.807) is 18.1 Å². The van der Waals surface area contributed by atoms with Crippen molar-refractivity contribution in [3.05, 3.63) is 17.7 Å². The Morgan fingerprint density at radius 1 is 1.20 bits per heavy atom. The van der Waals surface area contributed by atoms with E-state index in [2.05, 4.69) is 9.97 Å². The van der Waals surface area contributed by atoms with Crippen molar-refractivity contribution < 1.29 is 0 Å². The first-order valence-electron chi connectivity index (χ1n) is 3.08. The molecule has 0 spiro atoms. The van der Waals surface area contributed by atoms with Crippen LogP contribution < -0.4 is 0 Å². The van der Waals surface area contributed by atoms with Crippen LogP contribution in [0, 0.1) is 13.8 Å². The van der Waals surface area contributed by atoms with E-state index in [1.807, 2.05) is 20.1 Å². The van der Waals surface area contributed by atoms with Gasteiger partial charge in [-0.2, -0.15) is 0 Å². The van der Waals surface area contributed by atoms with Crippen molar-refractivity contribution in [2.75, 3.05) is 6.26 Å². The van der Waals surface area contributed by atoms with Crippen LogP contribution in [-0.4, -0.2) is 16.2 Å². The molecule has 1 heterocycles. The molecule has 0 fully saturated rings. The fraction of sp³-hybridized carbons (Fsp3) is 0.429. The Bertz CT molecular complexity index is 215. The van der Waals surface area contributed by atoms with Crippen LogP contribution >= 0.6 is 11.8 Å². The molecule has 0 saturated carbocycles. The Balaban J connectivity index is 3.17. The van der Waals surface area contributed by atoms with E-state index >= 15 is 0 Å². The van der Waals surface area contributed by atoms with Gasteiger partial charge in [-0.25, -0.2) is 9.97 Å². The molecule has 10 heavy (non-hydrogen) atoms. The van der Waals surface area contributed by atoms with Gasteiger partial charge in [0.25, 0.3) is 0 Å². The third kappa shape index (κ3) is 1.29. The lowest BCUT2D eigenvalue weighted by Crippen LogP contribution is -1.91. The molecule has 0 amide bonds. The first-order chi connectivity index (χ1) is 4.75. The number of hydrogen-bond donors (Lipinski definition) is 0. The summed E-state index contributed by atoms with van der Waals surface area (Å²) >= 11 is 1.70. The molecule has 0 bridgehead atoms. The lowest BCUT2D eigenvalue weighted by Gasteiger charge is -2.01. The van der Waals surface area contributed by atoms with Crippen molar-refractivity contribution in [3.8, 4) is 0 Å². The van der Waals surface area contributed by atoms with Crippen molar-refractivity contribution in [3.63, 3.8) is 0 Å². The standard InChI is InChI=1S/C7H10N2S/c1-5-7(10-3)6(2)9-4-8-5/h4H,1-3H3. The Labute approximate surface area is 65.1 Å². The molecule has 54 valence electrons. The van der Waals surface area contributed by atoms with E-state index in [4.69, 9.17) is 0 Å². The lowest BCUT2D eigenvalue weighted by molar-refractivity contribution is 0.974. The SMILES string of the molecule is CSc1c(C)ncnc1C. The van der Waals surface area contributed by atoms with Gasteiger partial charge in [0.1, 0.15) is 6.33 Å². The molecule has 0 radical (unpaired) electrons. The van der Waals surface area contributed by atoms with Crippen molar-refractivity contribution in [2.45, 2.75) is 18.7 Å². The van der Waals surface area contributed by atoms with Crippen molar-refractivity contribution in [1.29, 1.82) is 0 Å². The van der Waals surface area contributed by atoms with Crippen LogP contribution in [0.1, 0.15) is 11.4 Å². The van der Waals surface area contributed by atoms with Gasteiger partial charge in [-0.15, -0.1) is 11.8 Å². The van der Waals surface area contributed by atoms with Gasteiger partial charge in [-0.05, 0) is 20.1 Å². The molecule has 0 atom stereocenters. The zero-order chi connectivity index (χ0) is 7.56. The molecule has 0 unspecified atom stereocenters. The Morgan fingerprint density at radius 2 is 1.70 bits per heavy atom. The van der Waals surface area contributed by atoms with Crippen molar-refractivity contribution in [2.24, 2.45) is 0 Å². The summed E-state index contributed by atoms with van der Waals surface area (Å²) in [5.41, 5.74) is 2.14. The van der Waals surface area contributed by atoms with Gasteiger partial charge in [-0.3, -0.25) is 0 Å². The zero-order valence-electron chi connectivity index (χ0n) is 6.38. The van der Waals surface area contributed by atoms with E-state index in [1.165, 1.54) is 4.90 Å². The predicted molar refractivity (Wildman–Crippen MR) is 43.3 cm³/mol. The summed E-state index contributed by atoms with van der Waals surface area (Å²) in [5.74, 6) is 0. The molecule has 3 heteroatoms. The Kier molecular flexibility index (Phi) is 2.27. The quantitative estimate of drug-likeness (QED) is 0.577. The number of aryl methyl sites for hydroxylation is 2. The third-order valence-electron chi connectivity index (χ3n) is 1.36. The third-order valence-corrected chi connectivity index (χ3v) is 2.36. The summed E-state index contributed by atoms with van der Waals surface area (Å²) < 4.78 is 0. The van der Waals surface area contributed by atoms with Crippen molar-refractivity contribution >= 4 is 11.8 Å². The summed E-state index contributed by atoms with van der Waals surface area (Å²) in [6.07, 6.45) is 3.64. The minimum Gasteiger partial charge on any atom is -0.241 e. The molecular formula is C7H10N2S. The second-order valence-corrected chi connectivity index (χ2v) is 2.89. The number of aromatic nitrogens is 2. The van der Waals surface area contributed by atoms with E-state index in [9.17, 15) is 0 Å². The second-order valence-electron chi connectivity index (χ2n) is 2.08. The van der Waals surface area contributed by atoms with Crippen LogP contribution in [0.25, 0.3) is 0 Å². The monoisotopic (exact) mass is 154 g/mol. The number of thioether (sulfide) groups is 1. The van der Waals surface area contributed by atoms with E-state index in [0.29, 0.717) is 0 Å². The van der Waals surface area contributed by atoms with Gasteiger partial charge in [0, 0.05) is 4.90 Å². The molecule has 0 aromatic carbocycles. The molecule has 1 aromatic rings. The van der Waals surface area contributed by atoms with Gasteiger partial charge in [0.05, 0.1) is 11.4 Å². The van der Waals surface area contributed by atoms with Gasteiger partial charge < -0.3 is 0 Å². The summed E-state index contributed by atoms with van der Waals surface area (Å²) in [7, 11) is 0. The molecule has 0 aliphatic heterocycles. The van der Waals surface area contributed by atoms with Crippen LogP contribution in [0.4, 0.5) is 0 Å². The highest BCUT2D eigenvalue weighted by Crippen LogP contribution is 2.19. The largest absolute Gasteiger partial charge is 0.241 e. The van der Waals surface area contributed by atoms with E-state index in [0.717, 1.165) is 11.4 Å². The minimum absolute atomic E-state index is 1.07. The van der Waals surface area contributed by atoms with Gasteiger partial charge in [-0.1, -0.05) is 0 Å². The molecule has 0 aliphatic rings. The molecule has 0 aliphatic carbocycles. The first kappa shape index (κ1) is 7.54. The predicted octanol–water partition coefficient (Wildman–Crippen LogP) is 1.82. The minimum atomic E-state index is 1.07. The Hall–Kier alpha value is -0.570. The van der Waals surface area contributed by atoms with Gasteiger partial charge >= 0.3 is 0 Å². The molecule has 1 rings (SSSR count). The smallest absolute Gasteiger partial charge is 0.115 e. The average Bonchev–Trinajstić information content (AvgIpc) is 1.88. The molecule has 0 N–H and O–H groups in total. The number of nitrogens with zero attached hydrogens (tertiary/aromatic N) is 2. The summed E-state index contributed by atoms with van der Waals surface area (Å²) in [6.45, 7) is 4.00. The van der Waals surface area contributed by atoms with Gasteiger partial charge in [0.2, 0.25) is 0 Å². The summed E-state index contributed by atoms with van der Waals surface area (Å²) in [4.78, 5) is 9.35. The Morgan fingerprint density at radius 3 is 2.00 bits per heavy atom. The highest BCUT2D eigenvalue weighted by molar-refractivity contribution is 7.98. The second kappa shape index (κ2) is 3.01. The molecule has 1 aromatic heterocycles. The highest BCUT2D eigenvalue weighted by Gasteiger charge is 2.00. The van der Waals surface area contributed by atoms with Crippen LogP contribution in [0.15, 0.2) is 11.2 Å². The fourth-order valence-corrected chi connectivity index (χ4v) is 1.57. The molecule has 2 nitrogen and oxygen atoms in total. The molecule has 0 saturated heterocycles. The average molecular weight is 154 g/mol. The number of rotatable bonds is 1. The van der Waals surface area contributed by atoms with E-state index < -0.39 is 0 Å². The fourth-order valence-electron chi connectivity index (χ4n) is 0.877. The molecular weight excluding hydrogens is 144 g/mol. The maximum absolute atomic E-state index is 4.08. The highest BCUT2D eigenvalue weighted by atomic mass is 32.2. The zero-order valence-corrected chi connectivity index (χ0v) is 7.20. The first-order valence-corrected chi connectivity index (χ1v) is 4.30. The topological polar surface area (TPSA) is 25.8 Å². The number of hydrogen-bond acceptors (Lipinski definition) is 3. The normalized spacial score (nSPS) is 9.90. The van der Waals surface area contributed by atoms with Crippen LogP contribution in [-0.2, 0) is 0 Å². The van der Waals surface area contributed by atoms with Crippen molar-refractivity contribution in [1.82, 2.24) is 9.97 Å². The van der Waals surface area contributed by atoms with Crippen LogP contribution in [0.2, 0.25) is 0 Å². The summed E-state index contributed by atoms with van der Waals surface area (Å²) in [6, 6.07) is 0. The van der Waals surface area contributed by atoms with Crippen LogP contribution in [0.3, 0.4) is 0 Å². The maximum atomic E-state index is 4.08.